The Hall–Kier alpha value is -2.88. The lowest BCUT2D eigenvalue weighted by molar-refractivity contribution is -0.105. The van der Waals surface area contributed by atoms with Crippen LogP contribution in [0.4, 0.5) is 5.69 Å². The van der Waals surface area contributed by atoms with Crippen LogP contribution in [0.15, 0.2) is 47.8 Å². The van der Waals surface area contributed by atoms with Gasteiger partial charge in [-0.05, 0) is 74.1 Å². The summed E-state index contributed by atoms with van der Waals surface area (Å²) >= 11 is 1.51. The van der Waals surface area contributed by atoms with Crippen molar-refractivity contribution in [1.82, 2.24) is 24.4 Å². The van der Waals surface area contributed by atoms with Crippen molar-refractivity contribution in [1.29, 1.82) is 0 Å². The summed E-state index contributed by atoms with van der Waals surface area (Å²) in [5.74, 6) is 0.583. The molecule has 2 aromatic heterocycles. The number of hydrogen-bond acceptors (Lipinski definition) is 7. The maximum absolute atomic E-state index is 11.2. The molecule has 0 fully saturated rings. The molecule has 0 spiro atoms. The summed E-state index contributed by atoms with van der Waals surface area (Å²) in [6, 6.07) is 10.1. The molecule has 3 aromatic rings. The number of fused-ring (bicyclic) bond motifs is 1. The summed E-state index contributed by atoms with van der Waals surface area (Å²) in [7, 11) is 3.96. The molecule has 1 aliphatic rings. The van der Waals surface area contributed by atoms with E-state index in [1.165, 1.54) is 23.1 Å². The predicted molar refractivity (Wildman–Crippen MR) is 132 cm³/mol. The molecular formula is C24H30N6O2S. The van der Waals surface area contributed by atoms with Crippen LogP contribution in [-0.4, -0.2) is 59.9 Å². The molecule has 2 N–H and O–H groups in total. The highest BCUT2D eigenvalue weighted by Gasteiger charge is 2.19. The lowest BCUT2D eigenvalue weighted by atomic mass is 9.98. The summed E-state index contributed by atoms with van der Waals surface area (Å²) in [6.45, 7) is 3.01. The smallest absolute Gasteiger partial charge is 0.213 e. The molecule has 4 rings (SSSR count). The van der Waals surface area contributed by atoms with Crippen molar-refractivity contribution in [2.24, 2.45) is 0 Å². The average molecular weight is 467 g/mol. The van der Waals surface area contributed by atoms with Crippen LogP contribution in [0.2, 0.25) is 0 Å². The molecule has 2 heterocycles. The van der Waals surface area contributed by atoms with E-state index in [0.29, 0.717) is 12.5 Å². The number of likely N-dealkylation sites (N-methyl/N-ethyl adjacent to an activating group) is 1. The summed E-state index contributed by atoms with van der Waals surface area (Å²) in [5.41, 5.74) is 5.47. The van der Waals surface area contributed by atoms with Crippen LogP contribution in [0.25, 0.3) is 11.1 Å². The van der Waals surface area contributed by atoms with Gasteiger partial charge in [-0.25, -0.2) is 4.98 Å². The third-order valence-electron chi connectivity index (χ3n) is 5.79. The van der Waals surface area contributed by atoms with Crippen LogP contribution in [0.5, 0.6) is 5.88 Å². The number of nitrogens with one attached hydrogen (secondary N) is 2. The molecule has 174 valence electrons. The van der Waals surface area contributed by atoms with Crippen molar-refractivity contribution < 1.29 is 9.53 Å². The van der Waals surface area contributed by atoms with E-state index < -0.39 is 0 Å². The number of hydrogen-bond donors (Lipinski definition) is 2. The van der Waals surface area contributed by atoms with Crippen LogP contribution in [-0.2, 0) is 24.2 Å². The van der Waals surface area contributed by atoms with Gasteiger partial charge < -0.3 is 15.0 Å². The fourth-order valence-corrected chi connectivity index (χ4v) is 4.59. The maximum atomic E-state index is 11.2. The largest absolute Gasteiger partial charge is 0.476 e. The van der Waals surface area contributed by atoms with Gasteiger partial charge in [-0.3, -0.25) is 14.2 Å². The fraction of sp³-hybridized carbons (Fsp3) is 0.375. The zero-order valence-corrected chi connectivity index (χ0v) is 19.9. The highest BCUT2D eigenvalue weighted by Crippen LogP contribution is 2.37. The quantitative estimate of drug-likeness (QED) is 0.313. The Bertz CT molecular complexity index is 1090. The highest BCUT2D eigenvalue weighted by molar-refractivity contribution is 7.97. The second-order valence-corrected chi connectivity index (χ2v) is 9.03. The fourth-order valence-electron chi connectivity index (χ4n) is 4.10. The van der Waals surface area contributed by atoms with Gasteiger partial charge in [0.2, 0.25) is 12.3 Å². The first-order valence-corrected chi connectivity index (χ1v) is 12.0. The molecule has 8 nitrogen and oxygen atoms in total. The number of rotatable bonds is 12. The predicted octanol–water partition coefficient (Wildman–Crippen LogP) is 3.24. The summed E-state index contributed by atoms with van der Waals surface area (Å²) in [4.78, 5) is 17.8. The first-order chi connectivity index (χ1) is 16.2. The van der Waals surface area contributed by atoms with E-state index in [0.717, 1.165) is 67.1 Å². The first-order valence-electron chi connectivity index (χ1n) is 11.2. The number of nitrogens with zero attached hydrogens (tertiary/aromatic N) is 4. The summed E-state index contributed by atoms with van der Waals surface area (Å²) < 4.78 is 10.9. The second-order valence-electron chi connectivity index (χ2n) is 8.00. The number of benzene rings is 1. The molecule has 0 atom stereocenters. The second kappa shape index (κ2) is 11.3. The number of carbonyl (C=O) groups excluding carboxylic acids is 1. The van der Waals surface area contributed by atoms with Crippen molar-refractivity contribution in [3.8, 4) is 17.0 Å². The minimum absolute atomic E-state index is 0.538. The van der Waals surface area contributed by atoms with Gasteiger partial charge in [0, 0.05) is 37.1 Å². The van der Waals surface area contributed by atoms with Crippen molar-refractivity contribution >= 4 is 24.0 Å². The van der Waals surface area contributed by atoms with Crippen LogP contribution in [0.1, 0.15) is 17.5 Å². The molecule has 1 amide bonds. The van der Waals surface area contributed by atoms with Crippen LogP contribution >= 0.6 is 11.9 Å². The highest BCUT2D eigenvalue weighted by atomic mass is 32.2. The Morgan fingerprint density at radius 2 is 2.15 bits per heavy atom. The normalized spacial score (nSPS) is 12.7. The Kier molecular flexibility index (Phi) is 7.98. The van der Waals surface area contributed by atoms with E-state index >= 15 is 0 Å². The van der Waals surface area contributed by atoms with E-state index in [-0.39, 0.29) is 0 Å². The molecule has 0 saturated carbocycles. The number of aromatic nitrogens is 3. The molecule has 9 heteroatoms. The number of ether oxygens (including phenoxy) is 1. The third kappa shape index (κ3) is 5.93. The average Bonchev–Trinajstić information content (AvgIpc) is 3.48. The van der Waals surface area contributed by atoms with Gasteiger partial charge in [0.25, 0.3) is 0 Å². The monoisotopic (exact) mass is 466 g/mol. The zero-order valence-electron chi connectivity index (χ0n) is 19.1. The number of amides is 1. The van der Waals surface area contributed by atoms with E-state index in [1.807, 2.05) is 36.1 Å². The van der Waals surface area contributed by atoms with E-state index in [1.54, 1.807) is 6.20 Å². The van der Waals surface area contributed by atoms with E-state index in [4.69, 9.17) is 4.74 Å². The number of carbonyl (C=O) groups is 1. The van der Waals surface area contributed by atoms with Crippen LogP contribution in [0.3, 0.4) is 0 Å². The van der Waals surface area contributed by atoms with E-state index in [9.17, 15) is 4.79 Å². The standard InChI is InChI=1S/C24H30N6O2S/c1-25-33-23-9-11-30(28-23)13-12-29(2)14-15-32-22-16-19(8-10-26-22)21-7-6-18-4-3-5-20(18)24(21)27-17-31/h6-11,16-17,25H,3-5,12-15H2,1-2H3,(H,27,31). The lowest BCUT2D eigenvalue weighted by Gasteiger charge is -2.17. The summed E-state index contributed by atoms with van der Waals surface area (Å²) in [5, 5.41) is 8.39. The van der Waals surface area contributed by atoms with Gasteiger partial charge in [0.15, 0.2) is 0 Å². The Morgan fingerprint density at radius 1 is 1.24 bits per heavy atom. The van der Waals surface area contributed by atoms with Gasteiger partial charge in [-0.15, -0.1) is 0 Å². The molecule has 1 aromatic carbocycles. The number of pyridine rings is 1. The minimum atomic E-state index is 0.538. The molecule has 33 heavy (non-hydrogen) atoms. The molecule has 0 bridgehead atoms. The SMILES string of the molecule is CNSc1ccn(CCN(C)CCOc2cc(-c3ccc4c(c3NC=O)CCC4)ccn2)n1. The molecule has 0 unspecified atom stereocenters. The van der Waals surface area contributed by atoms with Gasteiger partial charge >= 0.3 is 0 Å². The maximum Gasteiger partial charge on any atom is 0.213 e. The molecular weight excluding hydrogens is 436 g/mol. The van der Waals surface area contributed by atoms with Crippen molar-refractivity contribution in [3.63, 3.8) is 0 Å². The Balaban J connectivity index is 1.33. The van der Waals surface area contributed by atoms with Crippen molar-refractivity contribution in [2.45, 2.75) is 30.8 Å². The molecule has 1 aliphatic carbocycles. The van der Waals surface area contributed by atoms with Gasteiger partial charge in [0.05, 0.1) is 12.2 Å². The van der Waals surface area contributed by atoms with Crippen LogP contribution in [0, 0.1) is 0 Å². The van der Waals surface area contributed by atoms with Crippen LogP contribution < -0.4 is 14.8 Å². The molecule has 0 radical (unpaired) electrons. The number of aryl methyl sites for hydroxylation is 1. The molecule has 0 aliphatic heterocycles. The minimum Gasteiger partial charge on any atom is -0.476 e. The topological polar surface area (TPSA) is 84.3 Å². The van der Waals surface area contributed by atoms with Gasteiger partial charge in [0.1, 0.15) is 11.6 Å². The van der Waals surface area contributed by atoms with Gasteiger partial charge in [-0.1, -0.05) is 12.1 Å². The van der Waals surface area contributed by atoms with Gasteiger partial charge in [-0.2, -0.15) is 5.10 Å². The summed E-state index contributed by atoms with van der Waals surface area (Å²) in [6.07, 6.45) is 7.69. The molecule has 0 saturated heterocycles. The lowest BCUT2D eigenvalue weighted by Crippen LogP contribution is -2.28. The van der Waals surface area contributed by atoms with Crippen molar-refractivity contribution in [3.05, 3.63) is 53.9 Å². The first kappa shape index (κ1) is 23.3. The third-order valence-corrected chi connectivity index (χ3v) is 6.42. The van der Waals surface area contributed by atoms with E-state index in [2.05, 4.69) is 44.2 Å². The van der Waals surface area contributed by atoms with Crippen molar-refractivity contribution in [2.75, 3.05) is 39.1 Å². The number of anilines is 1. The Morgan fingerprint density at radius 3 is 3.00 bits per heavy atom. The zero-order chi connectivity index (χ0) is 23.0. The Labute approximate surface area is 198 Å².